The van der Waals surface area contributed by atoms with Gasteiger partial charge in [-0.2, -0.15) is 0 Å². The predicted molar refractivity (Wildman–Crippen MR) is 51.6 cm³/mol. The normalized spacial score (nSPS) is 18.7. The van der Waals surface area contributed by atoms with Crippen molar-refractivity contribution in [3.63, 3.8) is 0 Å². The first-order valence-electron chi connectivity index (χ1n) is 4.88. The quantitative estimate of drug-likeness (QED) is 0.656. The molecule has 5 nitrogen and oxygen atoms in total. The number of nitrogens with two attached hydrogens (primary N) is 1. The summed E-state index contributed by atoms with van der Waals surface area (Å²) in [5.41, 5.74) is 5.06. The summed E-state index contributed by atoms with van der Waals surface area (Å²) in [5, 5.41) is 0. The molecule has 0 saturated carbocycles. The molecular weight excluding hydrogens is 184 g/mol. The van der Waals surface area contributed by atoms with E-state index in [-0.39, 0.29) is 18.7 Å². The van der Waals surface area contributed by atoms with Gasteiger partial charge in [-0.1, -0.05) is 0 Å². The summed E-state index contributed by atoms with van der Waals surface area (Å²) < 4.78 is 10.7. The van der Waals surface area contributed by atoms with Crippen molar-refractivity contribution in [1.29, 1.82) is 0 Å². The van der Waals surface area contributed by atoms with Gasteiger partial charge < -0.3 is 15.2 Å². The van der Waals surface area contributed by atoms with Crippen LogP contribution in [0.3, 0.4) is 0 Å². The summed E-state index contributed by atoms with van der Waals surface area (Å²) in [7, 11) is 1.85. The molecule has 0 bridgehead atoms. The number of primary amides is 1. The first-order valence-corrected chi connectivity index (χ1v) is 4.88. The minimum absolute atomic E-state index is 0.112. The topological polar surface area (TPSA) is 64.8 Å². The van der Waals surface area contributed by atoms with Gasteiger partial charge in [0.1, 0.15) is 0 Å². The van der Waals surface area contributed by atoms with Gasteiger partial charge >= 0.3 is 0 Å². The van der Waals surface area contributed by atoms with E-state index in [0.717, 1.165) is 32.6 Å². The third-order valence-electron chi connectivity index (χ3n) is 2.07. The van der Waals surface area contributed by atoms with E-state index in [9.17, 15) is 4.79 Å². The van der Waals surface area contributed by atoms with Crippen LogP contribution in [-0.2, 0) is 14.3 Å². The van der Waals surface area contributed by atoms with Crippen LogP contribution in [0.2, 0.25) is 0 Å². The van der Waals surface area contributed by atoms with Crippen LogP contribution in [-0.4, -0.2) is 50.4 Å². The lowest BCUT2D eigenvalue weighted by molar-refractivity contribution is -0.182. The lowest BCUT2D eigenvalue weighted by Crippen LogP contribution is -2.34. The Morgan fingerprint density at radius 3 is 2.71 bits per heavy atom. The van der Waals surface area contributed by atoms with Crippen molar-refractivity contribution in [2.24, 2.45) is 5.73 Å². The molecule has 0 unspecified atom stereocenters. The van der Waals surface area contributed by atoms with Crippen LogP contribution in [0.25, 0.3) is 0 Å². The molecule has 1 rings (SSSR count). The van der Waals surface area contributed by atoms with Gasteiger partial charge in [-0.3, -0.25) is 9.69 Å². The molecule has 0 spiro atoms. The van der Waals surface area contributed by atoms with Crippen LogP contribution in [0, 0.1) is 0 Å². The first kappa shape index (κ1) is 11.4. The minimum atomic E-state index is -0.307. The zero-order valence-electron chi connectivity index (χ0n) is 8.57. The Bertz CT molecular complexity index is 181. The Labute approximate surface area is 84.1 Å². The van der Waals surface area contributed by atoms with Crippen molar-refractivity contribution < 1.29 is 14.3 Å². The SMILES string of the molecule is CN(CCC1OCCCO1)CC(N)=O. The Hall–Kier alpha value is -0.650. The van der Waals surface area contributed by atoms with Crippen LogP contribution in [0.15, 0.2) is 0 Å². The van der Waals surface area contributed by atoms with Gasteiger partial charge in [0.15, 0.2) is 6.29 Å². The first-order chi connectivity index (χ1) is 6.68. The van der Waals surface area contributed by atoms with Crippen molar-refractivity contribution in [1.82, 2.24) is 4.90 Å². The molecule has 2 N–H and O–H groups in total. The maximum atomic E-state index is 10.6. The van der Waals surface area contributed by atoms with Gasteiger partial charge in [-0.05, 0) is 13.5 Å². The van der Waals surface area contributed by atoms with E-state index in [1.807, 2.05) is 11.9 Å². The molecule has 1 aliphatic rings. The highest BCUT2D eigenvalue weighted by molar-refractivity contribution is 5.75. The largest absolute Gasteiger partial charge is 0.369 e. The summed E-state index contributed by atoms with van der Waals surface area (Å²) >= 11 is 0. The molecule has 1 heterocycles. The molecule has 1 amide bonds. The predicted octanol–water partition coefficient (Wildman–Crippen LogP) is -0.443. The molecule has 1 saturated heterocycles. The number of hydrogen-bond donors (Lipinski definition) is 1. The van der Waals surface area contributed by atoms with Crippen molar-refractivity contribution in [3.8, 4) is 0 Å². The third kappa shape index (κ3) is 4.55. The van der Waals surface area contributed by atoms with Gasteiger partial charge in [0.2, 0.25) is 5.91 Å². The lowest BCUT2D eigenvalue weighted by Gasteiger charge is -2.25. The molecule has 0 aliphatic carbocycles. The number of rotatable bonds is 5. The molecular formula is C9H18N2O3. The average molecular weight is 202 g/mol. The highest BCUT2D eigenvalue weighted by Crippen LogP contribution is 2.08. The van der Waals surface area contributed by atoms with E-state index < -0.39 is 0 Å². The van der Waals surface area contributed by atoms with Crippen molar-refractivity contribution in [3.05, 3.63) is 0 Å². The van der Waals surface area contributed by atoms with Crippen LogP contribution in [0.5, 0.6) is 0 Å². The number of ether oxygens (including phenoxy) is 2. The number of carbonyl (C=O) groups is 1. The van der Waals surface area contributed by atoms with E-state index in [4.69, 9.17) is 15.2 Å². The summed E-state index contributed by atoms with van der Waals surface area (Å²) in [6.45, 7) is 2.58. The summed E-state index contributed by atoms with van der Waals surface area (Å²) in [6, 6.07) is 0. The van der Waals surface area contributed by atoms with E-state index in [2.05, 4.69) is 0 Å². The Balaban J connectivity index is 2.09. The minimum Gasteiger partial charge on any atom is -0.369 e. The zero-order valence-corrected chi connectivity index (χ0v) is 8.57. The molecule has 0 radical (unpaired) electrons. The number of hydrogen-bond acceptors (Lipinski definition) is 4. The fraction of sp³-hybridized carbons (Fsp3) is 0.889. The lowest BCUT2D eigenvalue weighted by atomic mass is 10.3. The highest BCUT2D eigenvalue weighted by Gasteiger charge is 2.14. The molecule has 0 aromatic rings. The Kier molecular flexibility index (Phi) is 4.86. The number of nitrogens with zero attached hydrogens (tertiary/aromatic N) is 1. The second-order valence-electron chi connectivity index (χ2n) is 3.52. The fourth-order valence-corrected chi connectivity index (χ4v) is 1.37. The molecule has 0 aromatic heterocycles. The fourth-order valence-electron chi connectivity index (χ4n) is 1.37. The van der Waals surface area contributed by atoms with Gasteiger partial charge in [-0.25, -0.2) is 0 Å². The monoisotopic (exact) mass is 202 g/mol. The van der Waals surface area contributed by atoms with E-state index >= 15 is 0 Å². The molecule has 1 fully saturated rings. The molecule has 14 heavy (non-hydrogen) atoms. The molecule has 1 aliphatic heterocycles. The number of likely N-dealkylation sites (N-methyl/N-ethyl adjacent to an activating group) is 1. The second kappa shape index (κ2) is 5.95. The van der Waals surface area contributed by atoms with Gasteiger partial charge in [0, 0.05) is 13.0 Å². The van der Waals surface area contributed by atoms with Crippen LogP contribution >= 0.6 is 0 Å². The van der Waals surface area contributed by atoms with Gasteiger partial charge in [0.05, 0.1) is 19.8 Å². The molecule has 0 aromatic carbocycles. The standard InChI is InChI=1S/C9H18N2O3/c1-11(7-8(10)12)4-3-9-13-5-2-6-14-9/h9H,2-7H2,1H3,(H2,10,12). The average Bonchev–Trinajstić information content (AvgIpc) is 2.15. The van der Waals surface area contributed by atoms with E-state index in [1.54, 1.807) is 0 Å². The maximum absolute atomic E-state index is 10.6. The van der Waals surface area contributed by atoms with Crippen molar-refractivity contribution in [2.75, 3.05) is 33.4 Å². The van der Waals surface area contributed by atoms with E-state index in [1.165, 1.54) is 0 Å². The molecule has 82 valence electrons. The second-order valence-corrected chi connectivity index (χ2v) is 3.52. The molecule has 0 atom stereocenters. The van der Waals surface area contributed by atoms with Gasteiger partial charge in [-0.15, -0.1) is 0 Å². The van der Waals surface area contributed by atoms with Crippen molar-refractivity contribution >= 4 is 5.91 Å². The maximum Gasteiger partial charge on any atom is 0.231 e. The number of amides is 1. The van der Waals surface area contributed by atoms with Crippen LogP contribution in [0.1, 0.15) is 12.8 Å². The summed E-state index contributed by atoms with van der Waals surface area (Å²) in [6.07, 6.45) is 1.64. The summed E-state index contributed by atoms with van der Waals surface area (Å²) in [4.78, 5) is 12.4. The van der Waals surface area contributed by atoms with E-state index in [0.29, 0.717) is 0 Å². The Morgan fingerprint density at radius 1 is 1.50 bits per heavy atom. The number of carbonyl (C=O) groups excluding carboxylic acids is 1. The van der Waals surface area contributed by atoms with Crippen LogP contribution in [0.4, 0.5) is 0 Å². The van der Waals surface area contributed by atoms with Crippen LogP contribution < -0.4 is 5.73 Å². The third-order valence-corrected chi connectivity index (χ3v) is 2.07. The zero-order chi connectivity index (χ0) is 10.4. The Morgan fingerprint density at radius 2 is 2.14 bits per heavy atom. The summed E-state index contributed by atoms with van der Waals surface area (Å²) in [5.74, 6) is -0.307. The van der Waals surface area contributed by atoms with Crippen molar-refractivity contribution in [2.45, 2.75) is 19.1 Å². The highest BCUT2D eigenvalue weighted by atomic mass is 16.7. The van der Waals surface area contributed by atoms with Gasteiger partial charge in [0.25, 0.3) is 0 Å². The molecule has 5 heteroatoms. The smallest absolute Gasteiger partial charge is 0.231 e.